The molecule has 0 aromatic heterocycles. The minimum absolute atomic E-state index is 0.148. The first-order valence-corrected chi connectivity index (χ1v) is 7.04. The third-order valence-corrected chi connectivity index (χ3v) is 3.68. The lowest BCUT2D eigenvalue weighted by atomic mass is 10.1. The number of benzene rings is 1. The van der Waals surface area contributed by atoms with Crippen LogP contribution in [-0.4, -0.2) is 12.6 Å². The number of hydrogen-bond donors (Lipinski definition) is 2. The van der Waals surface area contributed by atoms with Gasteiger partial charge in [-0.25, -0.2) is 4.39 Å². The first-order valence-electron chi connectivity index (χ1n) is 7.04. The van der Waals surface area contributed by atoms with E-state index in [4.69, 9.17) is 5.73 Å². The molecule has 3 N–H and O–H groups in total. The molecule has 0 atom stereocenters. The summed E-state index contributed by atoms with van der Waals surface area (Å²) in [6.45, 7) is 0.564. The SMILES string of the molecule is NCCc1ccc(NC2CCCCCC2)c(F)c1. The topological polar surface area (TPSA) is 38.0 Å². The summed E-state index contributed by atoms with van der Waals surface area (Å²) in [6, 6.07) is 5.86. The molecule has 0 heterocycles. The van der Waals surface area contributed by atoms with E-state index in [2.05, 4.69) is 5.32 Å². The van der Waals surface area contributed by atoms with Crippen LogP contribution in [-0.2, 0) is 6.42 Å². The molecule has 1 saturated carbocycles. The third-order valence-electron chi connectivity index (χ3n) is 3.68. The van der Waals surface area contributed by atoms with Gasteiger partial charge in [0, 0.05) is 6.04 Å². The zero-order valence-electron chi connectivity index (χ0n) is 10.9. The molecule has 0 bridgehead atoms. The van der Waals surface area contributed by atoms with Gasteiger partial charge in [0.25, 0.3) is 0 Å². The molecule has 100 valence electrons. The predicted octanol–water partition coefficient (Wildman–Crippen LogP) is 3.46. The Balaban J connectivity index is 1.99. The number of nitrogens with one attached hydrogen (secondary N) is 1. The fraction of sp³-hybridized carbons (Fsp3) is 0.600. The zero-order valence-corrected chi connectivity index (χ0v) is 10.9. The van der Waals surface area contributed by atoms with E-state index in [1.165, 1.54) is 25.7 Å². The van der Waals surface area contributed by atoms with Gasteiger partial charge < -0.3 is 11.1 Å². The Labute approximate surface area is 109 Å². The van der Waals surface area contributed by atoms with Gasteiger partial charge in [0.1, 0.15) is 5.82 Å². The Hall–Kier alpha value is -1.09. The van der Waals surface area contributed by atoms with Gasteiger partial charge in [0.2, 0.25) is 0 Å². The van der Waals surface area contributed by atoms with Crippen LogP contribution in [0.15, 0.2) is 18.2 Å². The van der Waals surface area contributed by atoms with E-state index in [0.717, 1.165) is 24.8 Å². The van der Waals surface area contributed by atoms with Gasteiger partial charge in [-0.05, 0) is 43.5 Å². The molecule has 0 spiro atoms. The minimum atomic E-state index is -0.148. The van der Waals surface area contributed by atoms with E-state index in [1.54, 1.807) is 6.07 Å². The molecule has 1 fully saturated rings. The van der Waals surface area contributed by atoms with Crippen molar-refractivity contribution in [1.82, 2.24) is 0 Å². The monoisotopic (exact) mass is 250 g/mol. The lowest BCUT2D eigenvalue weighted by Crippen LogP contribution is -2.19. The Morgan fingerprint density at radius 1 is 1.17 bits per heavy atom. The molecule has 1 aliphatic carbocycles. The Bertz CT molecular complexity index is 371. The fourth-order valence-electron chi connectivity index (χ4n) is 2.64. The molecule has 0 saturated heterocycles. The Morgan fingerprint density at radius 2 is 1.89 bits per heavy atom. The van der Waals surface area contributed by atoms with Crippen molar-refractivity contribution in [2.75, 3.05) is 11.9 Å². The van der Waals surface area contributed by atoms with Gasteiger partial charge in [-0.2, -0.15) is 0 Å². The van der Waals surface area contributed by atoms with Gasteiger partial charge in [0.05, 0.1) is 5.69 Å². The van der Waals surface area contributed by atoms with Gasteiger partial charge in [0.15, 0.2) is 0 Å². The molecule has 18 heavy (non-hydrogen) atoms. The quantitative estimate of drug-likeness (QED) is 0.803. The van der Waals surface area contributed by atoms with Crippen molar-refractivity contribution >= 4 is 5.69 Å². The lowest BCUT2D eigenvalue weighted by Gasteiger charge is -2.18. The summed E-state index contributed by atoms with van der Waals surface area (Å²) in [4.78, 5) is 0. The van der Waals surface area contributed by atoms with Crippen molar-refractivity contribution in [3.05, 3.63) is 29.6 Å². The first kappa shape index (κ1) is 13.3. The summed E-state index contributed by atoms with van der Waals surface area (Å²) in [5.74, 6) is -0.148. The number of rotatable bonds is 4. The van der Waals surface area contributed by atoms with Crippen LogP contribution in [0.1, 0.15) is 44.1 Å². The molecular formula is C15H23FN2. The second kappa shape index (κ2) is 6.74. The molecule has 0 radical (unpaired) electrons. The van der Waals surface area contributed by atoms with Crippen LogP contribution in [0, 0.1) is 5.82 Å². The van der Waals surface area contributed by atoms with Crippen molar-refractivity contribution in [2.24, 2.45) is 5.73 Å². The summed E-state index contributed by atoms with van der Waals surface area (Å²) in [7, 11) is 0. The Morgan fingerprint density at radius 3 is 2.50 bits per heavy atom. The van der Waals surface area contributed by atoms with Crippen LogP contribution in [0.4, 0.5) is 10.1 Å². The number of nitrogens with two attached hydrogens (primary N) is 1. The van der Waals surface area contributed by atoms with E-state index in [0.29, 0.717) is 18.3 Å². The van der Waals surface area contributed by atoms with Crippen LogP contribution < -0.4 is 11.1 Å². The second-order valence-corrected chi connectivity index (χ2v) is 5.19. The zero-order chi connectivity index (χ0) is 12.8. The molecule has 1 aliphatic rings. The molecular weight excluding hydrogens is 227 g/mol. The minimum Gasteiger partial charge on any atom is -0.380 e. The van der Waals surface area contributed by atoms with Crippen molar-refractivity contribution in [3.63, 3.8) is 0 Å². The Kier molecular flexibility index (Phi) is 5.00. The molecule has 1 aromatic rings. The van der Waals surface area contributed by atoms with E-state index in [-0.39, 0.29) is 5.82 Å². The number of halogens is 1. The van der Waals surface area contributed by atoms with Gasteiger partial charge in [-0.15, -0.1) is 0 Å². The first-order chi connectivity index (χ1) is 8.79. The van der Waals surface area contributed by atoms with Crippen molar-refractivity contribution in [3.8, 4) is 0 Å². The van der Waals surface area contributed by atoms with E-state index >= 15 is 0 Å². The normalized spacial score (nSPS) is 17.4. The molecule has 0 unspecified atom stereocenters. The second-order valence-electron chi connectivity index (χ2n) is 5.19. The van der Waals surface area contributed by atoms with Crippen molar-refractivity contribution in [2.45, 2.75) is 51.0 Å². The average molecular weight is 250 g/mol. The third kappa shape index (κ3) is 3.70. The van der Waals surface area contributed by atoms with E-state index < -0.39 is 0 Å². The maximum absolute atomic E-state index is 13.9. The smallest absolute Gasteiger partial charge is 0.146 e. The average Bonchev–Trinajstić information content (AvgIpc) is 2.62. The standard InChI is InChI=1S/C15H23FN2/c16-14-11-12(9-10-17)7-8-15(14)18-13-5-3-1-2-4-6-13/h7-8,11,13,18H,1-6,9-10,17H2. The van der Waals surface area contributed by atoms with Crippen LogP contribution >= 0.6 is 0 Å². The van der Waals surface area contributed by atoms with Crippen molar-refractivity contribution in [1.29, 1.82) is 0 Å². The van der Waals surface area contributed by atoms with Crippen LogP contribution in [0.3, 0.4) is 0 Å². The number of anilines is 1. The summed E-state index contributed by atoms with van der Waals surface area (Å²) in [5, 5.41) is 3.35. The van der Waals surface area contributed by atoms with Gasteiger partial charge in [-0.3, -0.25) is 0 Å². The van der Waals surface area contributed by atoms with Crippen LogP contribution in [0.2, 0.25) is 0 Å². The number of hydrogen-bond acceptors (Lipinski definition) is 2. The fourth-order valence-corrected chi connectivity index (χ4v) is 2.64. The van der Waals surface area contributed by atoms with Crippen LogP contribution in [0.25, 0.3) is 0 Å². The molecule has 0 aliphatic heterocycles. The molecule has 2 rings (SSSR count). The molecule has 3 heteroatoms. The summed E-state index contributed by atoms with van der Waals surface area (Å²) in [6.07, 6.45) is 8.19. The van der Waals surface area contributed by atoms with Gasteiger partial charge in [-0.1, -0.05) is 31.7 Å². The highest BCUT2D eigenvalue weighted by Gasteiger charge is 2.13. The molecule has 1 aromatic carbocycles. The largest absolute Gasteiger partial charge is 0.380 e. The lowest BCUT2D eigenvalue weighted by molar-refractivity contribution is 0.596. The summed E-state index contributed by atoms with van der Waals surface area (Å²) < 4.78 is 13.9. The van der Waals surface area contributed by atoms with Gasteiger partial charge >= 0.3 is 0 Å². The highest BCUT2D eigenvalue weighted by atomic mass is 19.1. The van der Waals surface area contributed by atoms with E-state index in [9.17, 15) is 4.39 Å². The van der Waals surface area contributed by atoms with Crippen molar-refractivity contribution < 1.29 is 4.39 Å². The molecule has 2 nitrogen and oxygen atoms in total. The highest BCUT2D eigenvalue weighted by Crippen LogP contribution is 2.23. The summed E-state index contributed by atoms with van der Waals surface area (Å²) >= 11 is 0. The maximum Gasteiger partial charge on any atom is 0.146 e. The molecule has 0 amide bonds. The predicted molar refractivity (Wildman–Crippen MR) is 74.3 cm³/mol. The van der Waals surface area contributed by atoms with Crippen LogP contribution in [0.5, 0.6) is 0 Å². The van der Waals surface area contributed by atoms with E-state index in [1.807, 2.05) is 12.1 Å². The highest BCUT2D eigenvalue weighted by molar-refractivity contribution is 5.47. The summed E-state index contributed by atoms with van der Waals surface area (Å²) in [5.41, 5.74) is 7.09. The maximum atomic E-state index is 13.9.